The molecular formula is C15H22N3O+. The van der Waals surface area contributed by atoms with Gasteiger partial charge in [0.2, 0.25) is 0 Å². The van der Waals surface area contributed by atoms with Crippen molar-refractivity contribution in [3.05, 3.63) is 40.4 Å². The van der Waals surface area contributed by atoms with E-state index >= 15 is 0 Å². The van der Waals surface area contributed by atoms with Crippen LogP contribution in [-0.2, 0) is 0 Å². The number of H-pyrrole nitrogens is 1. The van der Waals surface area contributed by atoms with E-state index in [0.717, 1.165) is 24.3 Å². The molecule has 0 aliphatic heterocycles. The van der Waals surface area contributed by atoms with Crippen LogP contribution in [-0.4, -0.2) is 16.5 Å². The Morgan fingerprint density at radius 2 is 2.05 bits per heavy atom. The highest BCUT2D eigenvalue weighted by molar-refractivity contribution is 5.77. The maximum Gasteiger partial charge on any atom is 0.258 e. The van der Waals surface area contributed by atoms with E-state index in [4.69, 9.17) is 0 Å². The van der Waals surface area contributed by atoms with Gasteiger partial charge in [0.25, 0.3) is 5.56 Å². The fourth-order valence-electron chi connectivity index (χ4n) is 2.19. The molecule has 0 saturated heterocycles. The number of aromatic nitrogens is 2. The molecule has 0 fully saturated rings. The molecule has 0 unspecified atom stereocenters. The van der Waals surface area contributed by atoms with Crippen LogP contribution >= 0.6 is 0 Å². The zero-order valence-electron chi connectivity index (χ0n) is 11.8. The van der Waals surface area contributed by atoms with Crippen LogP contribution in [0.5, 0.6) is 0 Å². The number of hydrogen-bond donors (Lipinski definition) is 2. The average Bonchev–Trinajstić information content (AvgIpc) is 2.39. The summed E-state index contributed by atoms with van der Waals surface area (Å²) in [4.78, 5) is 19.6. The van der Waals surface area contributed by atoms with Gasteiger partial charge in [-0.15, -0.1) is 0 Å². The molecule has 1 atom stereocenters. The van der Waals surface area contributed by atoms with Crippen molar-refractivity contribution in [2.75, 3.05) is 6.54 Å². The van der Waals surface area contributed by atoms with Crippen LogP contribution in [0.1, 0.15) is 39.1 Å². The van der Waals surface area contributed by atoms with E-state index in [9.17, 15) is 4.79 Å². The molecule has 0 bridgehead atoms. The third kappa shape index (κ3) is 3.20. The molecule has 19 heavy (non-hydrogen) atoms. The van der Waals surface area contributed by atoms with Crippen molar-refractivity contribution in [3.8, 4) is 0 Å². The molecule has 0 aliphatic carbocycles. The van der Waals surface area contributed by atoms with Crippen molar-refractivity contribution in [2.24, 2.45) is 5.92 Å². The lowest BCUT2D eigenvalue weighted by molar-refractivity contribution is -0.701. The van der Waals surface area contributed by atoms with Crippen LogP contribution in [0.3, 0.4) is 0 Å². The lowest BCUT2D eigenvalue weighted by Crippen LogP contribution is -2.86. The zero-order valence-corrected chi connectivity index (χ0v) is 11.8. The van der Waals surface area contributed by atoms with E-state index < -0.39 is 0 Å². The average molecular weight is 260 g/mol. The van der Waals surface area contributed by atoms with Gasteiger partial charge in [-0.3, -0.25) is 4.79 Å². The van der Waals surface area contributed by atoms with Gasteiger partial charge in [0.05, 0.1) is 17.4 Å². The second-order valence-electron chi connectivity index (χ2n) is 5.35. The summed E-state index contributed by atoms with van der Waals surface area (Å²) in [5, 5.41) is 2.92. The second-order valence-corrected chi connectivity index (χ2v) is 5.35. The molecule has 102 valence electrons. The van der Waals surface area contributed by atoms with Crippen LogP contribution < -0.4 is 10.9 Å². The fraction of sp³-hybridized carbons (Fsp3) is 0.467. The first-order valence-corrected chi connectivity index (χ1v) is 6.94. The first-order valence-electron chi connectivity index (χ1n) is 6.94. The minimum atomic E-state index is -0.0444. The Balaban J connectivity index is 2.35. The van der Waals surface area contributed by atoms with Crippen molar-refractivity contribution in [2.45, 2.75) is 33.2 Å². The molecule has 0 amide bonds. The molecule has 4 heteroatoms. The molecule has 1 aromatic carbocycles. The second kappa shape index (κ2) is 5.97. The van der Waals surface area contributed by atoms with Gasteiger partial charge >= 0.3 is 0 Å². The van der Waals surface area contributed by atoms with Crippen LogP contribution in [0.2, 0.25) is 0 Å². The lowest BCUT2D eigenvalue weighted by atomic mass is 10.1. The Labute approximate surface area is 113 Å². The van der Waals surface area contributed by atoms with Crippen LogP contribution in [0.25, 0.3) is 10.9 Å². The summed E-state index contributed by atoms with van der Waals surface area (Å²) in [7, 11) is 0. The third-order valence-electron chi connectivity index (χ3n) is 3.31. The summed E-state index contributed by atoms with van der Waals surface area (Å²) < 4.78 is 0. The maximum atomic E-state index is 12.0. The molecule has 3 N–H and O–H groups in total. The number of rotatable bonds is 5. The van der Waals surface area contributed by atoms with Crippen molar-refractivity contribution < 1.29 is 5.32 Å². The van der Waals surface area contributed by atoms with Gasteiger partial charge < -0.3 is 10.3 Å². The van der Waals surface area contributed by atoms with Crippen molar-refractivity contribution in [1.29, 1.82) is 0 Å². The van der Waals surface area contributed by atoms with Crippen LogP contribution in [0.4, 0.5) is 0 Å². The highest BCUT2D eigenvalue weighted by atomic mass is 16.1. The molecule has 1 aromatic heterocycles. The molecule has 0 spiro atoms. The zero-order chi connectivity index (χ0) is 13.8. The van der Waals surface area contributed by atoms with E-state index in [2.05, 4.69) is 36.1 Å². The summed E-state index contributed by atoms with van der Waals surface area (Å²) in [6.07, 6.45) is 0.952. The van der Waals surface area contributed by atoms with E-state index in [1.165, 1.54) is 0 Å². The summed E-state index contributed by atoms with van der Waals surface area (Å²) >= 11 is 0. The smallest absolute Gasteiger partial charge is 0.258 e. The molecule has 1 heterocycles. The molecular weight excluding hydrogens is 238 g/mol. The topological polar surface area (TPSA) is 62.4 Å². The van der Waals surface area contributed by atoms with Gasteiger partial charge in [-0.2, -0.15) is 0 Å². The van der Waals surface area contributed by atoms with Crippen LogP contribution in [0, 0.1) is 5.92 Å². The minimum absolute atomic E-state index is 0.0444. The Hall–Kier alpha value is -1.68. The Morgan fingerprint density at radius 3 is 2.74 bits per heavy atom. The first-order chi connectivity index (χ1) is 9.11. The standard InChI is InChI=1S/C15H21N3O/c1-4-12(16-9-10(2)3)14-17-13-8-6-5-7-11(13)15(19)18-14/h5-8,10,12,16H,4,9H2,1-3H3,(H,17,18,19)/p+1/t12-/m0/s1. The van der Waals surface area contributed by atoms with E-state index in [1.54, 1.807) is 0 Å². The number of fused-ring (bicyclic) bond motifs is 1. The van der Waals surface area contributed by atoms with Gasteiger partial charge in [-0.25, -0.2) is 4.98 Å². The van der Waals surface area contributed by atoms with Gasteiger partial charge in [0.1, 0.15) is 6.04 Å². The van der Waals surface area contributed by atoms with E-state index in [-0.39, 0.29) is 11.6 Å². The fourth-order valence-corrected chi connectivity index (χ4v) is 2.19. The van der Waals surface area contributed by atoms with E-state index in [0.29, 0.717) is 11.3 Å². The molecule has 2 rings (SSSR count). The van der Waals surface area contributed by atoms with Gasteiger partial charge in [-0.05, 0) is 12.1 Å². The predicted molar refractivity (Wildman–Crippen MR) is 77.0 cm³/mol. The summed E-state index contributed by atoms with van der Waals surface area (Å²) in [6.45, 7) is 7.55. The highest BCUT2D eigenvalue weighted by Gasteiger charge is 2.16. The van der Waals surface area contributed by atoms with Crippen molar-refractivity contribution in [3.63, 3.8) is 0 Å². The van der Waals surface area contributed by atoms with Crippen LogP contribution in [0.15, 0.2) is 29.1 Å². The maximum absolute atomic E-state index is 12.0. The monoisotopic (exact) mass is 260 g/mol. The number of nitrogens with one attached hydrogen (secondary N) is 1. The number of nitrogens with two attached hydrogens (primary N) is 1. The lowest BCUT2D eigenvalue weighted by Gasteiger charge is -2.14. The van der Waals surface area contributed by atoms with Gasteiger partial charge in [0.15, 0.2) is 5.82 Å². The number of benzene rings is 1. The quantitative estimate of drug-likeness (QED) is 0.857. The molecule has 0 aliphatic rings. The molecule has 4 nitrogen and oxygen atoms in total. The molecule has 0 radical (unpaired) electrons. The number of hydrogen-bond acceptors (Lipinski definition) is 2. The predicted octanol–water partition coefficient (Wildman–Crippen LogP) is 1.59. The number of para-hydroxylation sites is 1. The Morgan fingerprint density at radius 1 is 1.32 bits per heavy atom. The largest absolute Gasteiger partial charge is 0.337 e. The number of quaternary nitrogens is 1. The number of nitrogens with zero attached hydrogens (tertiary/aromatic N) is 1. The van der Waals surface area contributed by atoms with Gasteiger partial charge in [0, 0.05) is 12.3 Å². The first kappa shape index (κ1) is 13.7. The van der Waals surface area contributed by atoms with Crippen molar-refractivity contribution in [1.82, 2.24) is 9.97 Å². The van der Waals surface area contributed by atoms with E-state index in [1.807, 2.05) is 24.3 Å². The third-order valence-corrected chi connectivity index (χ3v) is 3.31. The summed E-state index contributed by atoms with van der Waals surface area (Å²) in [6, 6.07) is 7.70. The normalized spacial score (nSPS) is 13.1. The molecule has 2 aromatic rings. The highest BCUT2D eigenvalue weighted by Crippen LogP contribution is 2.10. The molecule has 0 saturated carbocycles. The Bertz CT molecular complexity index is 604. The number of aromatic amines is 1. The minimum Gasteiger partial charge on any atom is -0.337 e. The van der Waals surface area contributed by atoms with Gasteiger partial charge in [-0.1, -0.05) is 32.9 Å². The summed E-state index contributed by atoms with van der Waals surface area (Å²) in [5.41, 5.74) is 0.731. The summed E-state index contributed by atoms with van der Waals surface area (Å²) in [5.74, 6) is 1.41. The van der Waals surface area contributed by atoms with Crippen molar-refractivity contribution >= 4 is 10.9 Å². The Kier molecular flexibility index (Phi) is 4.32. The SMILES string of the molecule is CC[C@H]([NH2+]CC(C)C)c1nc2ccccc2c(=O)[nH]1.